The number of ether oxygens (including phenoxy) is 2. The van der Waals surface area contributed by atoms with Gasteiger partial charge in [0.05, 0.1) is 20.8 Å². The van der Waals surface area contributed by atoms with E-state index in [1.54, 1.807) is 44.1 Å². The number of carbonyl (C=O) groups excluding carboxylic acids is 1. The maximum absolute atomic E-state index is 12.5. The number of amides is 1. The molecular formula is C19H24N8O3. The second-order valence-electron chi connectivity index (χ2n) is 6.96. The van der Waals surface area contributed by atoms with Gasteiger partial charge in [0.1, 0.15) is 6.33 Å². The minimum atomic E-state index is -0.0750. The van der Waals surface area contributed by atoms with E-state index in [4.69, 9.17) is 9.47 Å². The van der Waals surface area contributed by atoms with E-state index in [-0.39, 0.29) is 5.91 Å². The second-order valence-corrected chi connectivity index (χ2v) is 6.96. The molecule has 1 aromatic carbocycles. The molecule has 11 heteroatoms. The van der Waals surface area contributed by atoms with E-state index in [2.05, 4.69) is 35.4 Å². The van der Waals surface area contributed by atoms with Crippen molar-refractivity contribution in [2.75, 3.05) is 57.2 Å². The number of nitrogens with one attached hydrogen (secondary N) is 1. The first-order chi connectivity index (χ1) is 14.6. The molecule has 2 aromatic heterocycles. The molecule has 0 unspecified atom stereocenters. The number of anilines is 2. The van der Waals surface area contributed by atoms with Gasteiger partial charge < -0.3 is 19.7 Å². The minimum absolute atomic E-state index is 0.0750. The zero-order valence-corrected chi connectivity index (χ0v) is 17.2. The van der Waals surface area contributed by atoms with Crippen molar-refractivity contribution in [1.29, 1.82) is 0 Å². The van der Waals surface area contributed by atoms with Gasteiger partial charge in [0.15, 0.2) is 28.5 Å². The van der Waals surface area contributed by atoms with Crippen LogP contribution in [0.5, 0.6) is 11.5 Å². The summed E-state index contributed by atoms with van der Waals surface area (Å²) in [6, 6.07) is 5.30. The van der Waals surface area contributed by atoms with Crippen molar-refractivity contribution in [1.82, 2.24) is 29.9 Å². The highest BCUT2D eigenvalue weighted by atomic mass is 16.5. The Morgan fingerprint density at radius 1 is 1.10 bits per heavy atom. The molecule has 30 heavy (non-hydrogen) atoms. The number of aryl methyl sites for hydroxylation is 1. The largest absolute Gasteiger partial charge is 0.493 e. The van der Waals surface area contributed by atoms with Gasteiger partial charge in [0, 0.05) is 45.0 Å². The third-order valence-electron chi connectivity index (χ3n) is 5.08. The van der Waals surface area contributed by atoms with Crippen molar-refractivity contribution in [2.45, 2.75) is 0 Å². The molecule has 0 radical (unpaired) electrons. The standard InChI is InChI=1S/C19H24N8O3/c1-25-18-17(23-24-25)19(21-12-20-18)27-8-6-26(7-9-27)11-16(28)22-13-4-5-14(29-2)15(10-13)30-3/h4-5,10,12H,6-9,11H2,1-3H3,(H,22,28). The van der Waals surface area contributed by atoms with E-state index in [1.165, 1.54) is 6.33 Å². The molecule has 0 aliphatic carbocycles. The van der Waals surface area contributed by atoms with Gasteiger partial charge in [-0.1, -0.05) is 5.21 Å². The SMILES string of the molecule is COc1ccc(NC(=O)CN2CCN(c3ncnc4c3nnn4C)CC2)cc1OC. The highest BCUT2D eigenvalue weighted by Gasteiger charge is 2.23. The summed E-state index contributed by atoms with van der Waals surface area (Å²) in [6.45, 7) is 3.28. The fourth-order valence-corrected chi connectivity index (χ4v) is 3.51. The van der Waals surface area contributed by atoms with Crippen LogP contribution < -0.4 is 19.7 Å². The Labute approximate surface area is 173 Å². The fourth-order valence-electron chi connectivity index (χ4n) is 3.51. The smallest absolute Gasteiger partial charge is 0.238 e. The summed E-state index contributed by atoms with van der Waals surface area (Å²) in [5, 5.41) is 11.1. The molecule has 1 aliphatic heterocycles. The van der Waals surface area contributed by atoms with Crippen LogP contribution in [-0.2, 0) is 11.8 Å². The first kappa shape index (κ1) is 19.8. The molecule has 1 fully saturated rings. The molecule has 1 N–H and O–H groups in total. The van der Waals surface area contributed by atoms with Crippen molar-refractivity contribution in [3.8, 4) is 11.5 Å². The Kier molecular flexibility index (Phi) is 5.61. The zero-order valence-electron chi connectivity index (χ0n) is 17.2. The van der Waals surface area contributed by atoms with Crippen LogP contribution in [0.3, 0.4) is 0 Å². The summed E-state index contributed by atoms with van der Waals surface area (Å²) in [7, 11) is 4.95. The molecule has 3 heterocycles. The molecule has 1 amide bonds. The van der Waals surface area contributed by atoms with Crippen LogP contribution in [0.1, 0.15) is 0 Å². The molecule has 3 aromatic rings. The van der Waals surface area contributed by atoms with Crippen LogP contribution in [0.15, 0.2) is 24.5 Å². The number of piperazine rings is 1. The number of fused-ring (bicyclic) bond motifs is 1. The maximum atomic E-state index is 12.5. The number of methoxy groups -OCH3 is 2. The number of rotatable bonds is 6. The van der Waals surface area contributed by atoms with E-state index in [0.29, 0.717) is 34.9 Å². The average Bonchev–Trinajstić information content (AvgIpc) is 3.15. The molecule has 0 spiro atoms. The number of benzene rings is 1. The number of hydrogen-bond donors (Lipinski definition) is 1. The lowest BCUT2D eigenvalue weighted by Crippen LogP contribution is -2.49. The molecule has 4 rings (SSSR count). The number of aromatic nitrogens is 5. The van der Waals surface area contributed by atoms with Crippen LogP contribution in [0.25, 0.3) is 11.2 Å². The lowest BCUT2D eigenvalue weighted by molar-refractivity contribution is -0.117. The summed E-state index contributed by atoms with van der Waals surface area (Å²) >= 11 is 0. The van der Waals surface area contributed by atoms with E-state index < -0.39 is 0 Å². The molecule has 1 aliphatic rings. The first-order valence-corrected chi connectivity index (χ1v) is 9.58. The van der Waals surface area contributed by atoms with Crippen LogP contribution >= 0.6 is 0 Å². The minimum Gasteiger partial charge on any atom is -0.493 e. The Morgan fingerprint density at radius 3 is 2.60 bits per heavy atom. The number of carbonyl (C=O) groups is 1. The van der Waals surface area contributed by atoms with Gasteiger partial charge in [0.25, 0.3) is 0 Å². The van der Waals surface area contributed by atoms with Gasteiger partial charge in [-0.05, 0) is 12.1 Å². The van der Waals surface area contributed by atoms with Gasteiger partial charge in [-0.3, -0.25) is 9.69 Å². The summed E-state index contributed by atoms with van der Waals surface area (Å²) in [4.78, 5) is 25.4. The lowest BCUT2D eigenvalue weighted by atomic mass is 10.2. The van der Waals surface area contributed by atoms with Crippen LogP contribution in [0.4, 0.5) is 11.5 Å². The lowest BCUT2D eigenvalue weighted by Gasteiger charge is -2.34. The van der Waals surface area contributed by atoms with Crippen LogP contribution in [0.2, 0.25) is 0 Å². The van der Waals surface area contributed by atoms with Crippen molar-refractivity contribution in [2.24, 2.45) is 7.05 Å². The van der Waals surface area contributed by atoms with Gasteiger partial charge >= 0.3 is 0 Å². The van der Waals surface area contributed by atoms with Gasteiger partial charge in [0.2, 0.25) is 5.91 Å². The van der Waals surface area contributed by atoms with Crippen molar-refractivity contribution < 1.29 is 14.3 Å². The summed E-state index contributed by atoms with van der Waals surface area (Å²) < 4.78 is 12.1. The van der Waals surface area contributed by atoms with Crippen molar-refractivity contribution in [3.63, 3.8) is 0 Å². The molecule has 11 nitrogen and oxygen atoms in total. The monoisotopic (exact) mass is 412 g/mol. The Morgan fingerprint density at radius 2 is 1.87 bits per heavy atom. The van der Waals surface area contributed by atoms with Gasteiger partial charge in [-0.25, -0.2) is 14.6 Å². The third kappa shape index (κ3) is 3.96. The second kappa shape index (κ2) is 8.49. The Balaban J connectivity index is 1.34. The molecule has 1 saturated heterocycles. The Bertz CT molecular complexity index is 1050. The van der Waals surface area contributed by atoms with Crippen molar-refractivity contribution >= 4 is 28.6 Å². The summed E-state index contributed by atoms with van der Waals surface area (Å²) in [5.41, 5.74) is 2.07. The van der Waals surface area contributed by atoms with Crippen molar-refractivity contribution in [3.05, 3.63) is 24.5 Å². The predicted octanol–water partition coefficient (Wildman–Crippen LogP) is 0.536. The quantitative estimate of drug-likeness (QED) is 0.620. The topological polar surface area (TPSA) is 111 Å². The van der Waals surface area contributed by atoms with E-state index in [9.17, 15) is 4.79 Å². The third-order valence-corrected chi connectivity index (χ3v) is 5.08. The Hall–Kier alpha value is -3.47. The van der Waals surface area contributed by atoms with Crippen LogP contribution in [0, 0.1) is 0 Å². The highest BCUT2D eigenvalue weighted by molar-refractivity contribution is 5.92. The summed E-state index contributed by atoms with van der Waals surface area (Å²) in [5.74, 6) is 1.90. The molecule has 158 valence electrons. The molecular weight excluding hydrogens is 388 g/mol. The zero-order chi connectivity index (χ0) is 21.1. The molecule has 0 bridgehead atoms. The van der Waals surface area contributed by atoms with Gasteiger partial charge in [-0.15, -0.1) is 5.10 Å². The van der Waals surface area contributed by atoms with E-state index in [1.807, 2.05) is 0 Å². The molecule has 0 saturated carbocycles. The first-order valence-electron chi connectivity index (χ1n) is 9.58. The van der Waals surface area contributed by atoms with E-state index >= 15 is 0 Å². The van der Waals surface area contributed by atoms with E-state index in [0.717, 1.165) is 32.0 Å². The maximum Gasteiger partial charge on any atom is 0.238 e. The van der Waals surface area contributed by atoms with Crippen LogP contribution in [-0.4, -0.2) is 82.7 Å². The summed E-state index contributed by atoms with van der Waals surface area (Å²) in [6.07, 6.45) is 1.53. The normalized spacial score (nSPS) is 14.7. The van der Waals surface area contributed by atoms with Gasteiger partial charge in [-0.2, -0.15) is 0 Å². The predicted molar refractivity (Wildman–Crippen MR) is 111 cm³/mol. The fraction of sp³-hybridized carbons (Fsp3) is 0.421. The molecule has 0 atom stereocenters. The highest BCUT2D eigenvalue weighted by Crippen LogP contribution is 2.29. The number of nitrogens with zero attached hydrogens (tertiary/aromatic N) is 7. The average molecular weight is 412 g/mol. The number of hydrogen-bond acceptors (Lipinski definition) is 9.